The van der Waals surface area contributed by atoms with E-state index >= 15 is 0 Å². The molecule has 1 heterocycles. The van der Waals surface area contributed by atoms with E-state index in [1.54, 1.807) is 11.8 Å². The Bertz CT molecular complexity index is 356. The molecule has 4 heteroatoms. The Labute approximate surface area is 101 Å². The highest BCUT2D eigenvalue weighted by Crippen LogP contribution is 2.33. The predicted octanol–water partition coefficient (Wildman–Crippen LogP) is 2.52. The van der Waals surface area contributed by atoms with Gasteiger partial charge in [-0.15, -0.1) is 11.8 Å². The van der Waals surface area contributed by atoms with E-state index in [-0.39, 0.29) is 0 Å². The van der Waals surface area contributed by atoms with Crippen molar-refractivity contribution < 1.29 is 5.11 Å². The van der Waals surface area contributed by atoms with Crippen LogP contribution in [0.5, 0.6) is 0 Å². The summed E-state index contributed by atoms with van der Waals surface area (Å²) in [7, 11) is 1.96. The first-order chi connectivity index (χ1) is 7.59. The van der Waals surface area contributed by atoms with Crippen molar-refractivity contribution in [1.82, 2.24) is 9.78 Å². The smallest absolute Gasteiger partial charge is 0.0940 e. The molecule has 1 saturated carbocycles. The molecule has 0 saturated heterocycles. The van der Waals surface area contributed by atoms with Gasteiger partial charge in [0.15, 0.2) is 0 Å². The molecule has 1 aromatic heterocycles. The first-order valence-electron chi connectivity index (χ1n) is 5.95. The summed E-state index contributed by atoms with van der Waals surface area (Å²) >= 11 is 1.72. The minimum Gasteiger partial charge on any atom is -0.389 e. The highest BCUT2D eigenvalue weighted by Gasteiger charge is 2.29. The van der Waals surface area contributed by atoms with E-state index in [0.29, 0.717) is 0 Å². The lowest BCUT2D eigenvalue weighted by Gasteiger charge is -2.31. The van der Waals surface area contributed by atoms with Crippen molar-refractivity contribution in [2.24, 2.45) is 7.05 Å². The molecular weight excluding hydrogens is 220 g/mol. The lowest BCUT2D eigenvalue weighted by Crippen LogP contribution is -2.34. The number of rotatable bonds is 3. The number of aryl methyl sites for hydroxylation is 2. The van der Waals surface area contributed by atoms with E-state index in [9.17, 15) is 5.11 Å². The SMILES string of the molecule is Cc1cc(SCC2(O)CCCCC2)n(C)n1. The summed E-state index contributed by atoms with van der Waals surface area (Å²) in [6, 6.07) is 2.08. The van der Waals surface area contributed by atoms with Crippen LogP contribution in [-0.4, -0.2) is 26.2 Å². The minimum atomic E-state index is -0.443. The molecule has 0 atom stereocenters. The van der Waals surface area contributed by atoms with Crippen LogP contribution in [0.3, 0.4) is 0 Å². The van der Waals surface area contributed by atoms with Gasteiger partial charge in [-0.25, -0.2) is 0 Å². The van der Waals surface area contributed by atoms with Gasteiger partial charge in [0.05, 0.1) is 16.3 Å². The van der Waals surface area contributed by atoms with E-state index in [4.69, 9.17) is 0 Å². The molecule has 16 heavy (non-hydrogen) atoms. The van der Waals surface area contributed by atoms with Crippen molar-refractivity contribution in [1.29, 1.82) is 0 Å². The van der Waals surface area contributed by atoms with Crippen LogP contribution in [0.25, 0.3) is 0 Å². The molecule has 1 fully saturated rings. The van der Waals surface area contributed by atoms with Gasteiger partial charge in [0.1, 0.15) is 0 Å². The highest BCUT2D eigenvalue weighted by molar-refractivity contribution is 7.99. The lowest BCUT2D eigenvalue weighted by atomic mass is 9.86. The van der Waals surface area contributed by atoms with Gasteiger partial charge in [-0.2, -0.15) is 5.10 Å². The van der Waals surface area contributed by atoms with Crippen LogP contribution in [0.1, 0.15) is 37.8 Å². The third-order valence-corrected chi connectivity index (χ3v) is 4.59. The summed E-state index contributed by atoms with van der Waals surface area (Å²) in [6.07, 6.45) is 5.52. The fourth-order valence-corrected chi connectivity index (χ4v) is 3.47. The number of hydrogen-bond donors (Lipinski definition) is 1. The van der Waals surface area contributed by atoms with Crippen LogP contribution in [0.4, 0.5) is 0 Å². The van der Waals surface area contributed by atoms with E-state index < -0.39 is 5.60 Å². The van der Waals surface area contributed by atoms with Crippen molar-refractivity contribution in [3.63, 3.8) is 0 Å². The number of thioether (sulfide) groups is 1. The quantitative estimate of drug-likeness (QED) is 0.825. The fraction of sp³-hybridized carbons (Fsp3) is 0.750. The Morgan fingerprint density at radius 2 is 2.12 bits per heavy atom. The van der Waals surface area contributed by atoms with Crippen LogP contribution in [0, 0.1) is 6.92 Å². The zero-order valence-electron chi connectivity index (χ0n) is 10.1. The first kappa shape index (κ1) is 12.0. The largest absolute Gasteiger partial charge is 0.389 e. The normalized spacial score (nSPS) is 19.9. The van der Waals surface area contributed by atoms with E-state index in [2.05, 4.69) is 11.2 Å². The third kappa shape index (κ3) is 2.80. The topological polar surface area (TPSA) is 38.0 Å². The average Bonchev–Trinajstić information content (AvgIpc) is 2.56. The third-order valence-electron chi connectivity index (χ3n) is 3.23. The lowest BCUT2D eigenvalue weighted by molar-refractivity contribution is 0.0272. The number of nitrogens with zero attached hydrogens (tertiary/aromatic N) is 2. The van der Waals surface area contributed by atoms with Gasteiger partial charge in [-0.1, -0.05) is 19.3 Å². The van der Waals surface area contributed by atoms with Crippen molar-refractivity contribution >= 4 is 11.8 Å². The van der Waals surface area contributed by atoms with Crippen LogP contribution in [0.15, 0.2) is 11.1 Å². The van der Waals surface area contributed by atoms with Crippen molar-refractivity contribution in [2.45, 2.75) is 49.7 Å². The Morgan fingerprint density at radius 3 is 2.69 bits per heavy atom. The molecule has 0 bridgehead atoms. The molecule has 0 aliphatic heterocycles. The molecule has 0 spiro atoms. The molecule has 0 amide bonds. The molecule has 3 nitrogen and oxygen atoms in total. The molecule has 1 aliphatic rings. The Morgan fingerprint density at radius 1 is 1.44 bits per heavy atom. The second kappa shape index (κ2) is 4.80. The molecule has 0 aromatic carbocycles. The molecule has 1 aromatic rings. The molecule has 2 rings (SSSR count). The fourth-order valence-electron chi connectivity index (χ4n) is 2.28. The summed E-state index contributed by atoms with van der Waals surface area (Å²) in [6.45, 7) is 2.00. The standard InChI is InChI=1S/C12H20N2OS/c1-10-8-11(14(2)13-10)16-9-12(15)6-4-3-5-7-12/h8,15H,3-7,9H2,1-2H3. The second-order valence-electron chi connectivity index (χ2n) is 4.82. The van der Waals surface area contributed by atoms with Crippen LogP contribution < -0.4 is 0 Å². The van der Waals surface area contributed by atoms with Crippen LogP contribution in [0.2, 0.25) is 0 Å². The number of aliphatic hydroxyl groups is 1. The zero-order valence-corrected chi connectivity index (χ0v) is 10.9. The first-order valence-corrected chi connectivity index (χ1v) is 6.93. The molecule has 0 radical (unpaired) electrons. The van der Waals surface area contributed by atoms with Gasteiger partial charge in [0.2, 0.25) is 0 Å². The molecular formula is C12H20N2OS. The Balaban J connectivity index is 1.93. The summed E-state index contributed by atoms with van der Waals surface area (Å²) < 4.78 is 1.90. The highest BCUT2D eigenvalue weighted by atomic mass is 32.2. The molecule has 0 unspecified atom stereocenters. The summed E-state index contributed by atoms with van der Waals surface area (Å²) in [5.41, 5.74) is 0.599. The van der Waals surface area contributed by atoms with Crippen molar-refractivity contribution in [3.8, 4) is 0 Å². The summed E-state index contributed by atoms with van der Waals surface area (Å²) in [4.78, 5) is 0. The predicted molar refractivity (Wildman–Crippen MR) is 66.7 cm³/mol. The average molecular weight is 240 g/mol. The van der Waals surface area contributed by atoms with Crippen LogP contribution >= 0.6 is 11.8 Å². The van der Waals surface area contributed by atoms with Gasteiger partial charge in [0, 0.05) is 12.8 Å². The second-order valence-corrected chi connectivity index (χ2v) is 5.82. The summed E-state index contributed by atoms with van der Waals surface area (Å²) in [5, 5.41) is 15.8. The maximum absolute atomic E-state index is 10.4. The minimum absolute atomic E-state index is 0.443. The van der Waals surface area contributed by atoms with Gasteiger partial charge in [-0.3, -0.25) is 4.68 Å². The molecule has 1 N–H and O–H groups in total. The summed E-state index contributed by atoms with van der Waals surface area (Å²) in [5.74, 6) is 0.798. The van der Waals surface area contributed by atoms with Gasteiger partial charge >= 0.3 is 0 Å². The monoisotopic (exact) mass is 240 g/mol. The zero-order chi connectivity index (χ0) is 11.6. The number of aromatic nitrogens is 2. The van der Waals surface area contributed by atoms with Crippen LogP contribution in [-0.2, 0) is 7.05 Å². The van der Waals surface area contributed by atoms with Crippen molar-refractivity contribution in [2.75, 3.05) is 5.75 Å². The van der Waals surface area contributed by atoms with E-state index in [1.807, 2.05) is 18.7 Å². The number of hydrogen-bond acceptors (Lipinski definition) is 3. The van der Waals surface area contributed by atoms with Gasteiger partial charge in [-0.05, 0) is 25.8 Å². The maximum atomic E-state index is 10.4. The molecule has 90 valence electrons. The maximum Gasteiger partial charge on any atom is 0.0940 e. The van der Waals surface area contributed by atoms with E-state index in [1.165, 1.54) is 19.3 Å². The molecule has 1 aliphatic carbocycles. The Kier molecular flexibility index (Phi) is 3.60. The van der Waals surface area contributed by atoms with E-state index in [0.717, 1.165) is 29.3 Å². The van der Waals surface area contributed by atoms with Gasteiger partial charge in [0.25, 0.3) is 0 Å². The van der Waals surface area contributed by atoms with Gasteiger partial charge < -0.3 is 5.11 Å². The Hall–Kier alpha value is -0.480. The van der Waals surface area contributed by atoms with Crippen molar-refractivity contribution in [3.05, 3.63) is 11.8 Å².